The van der Waals surface area contributed by atoms with Crippen molar-refractivity contribution in [2.75, 3.05) is 24.5 Å². The molecule has 1 unspecified atom stereocenters. The van der Waals surface area contributed by atoms with E-state index in [9.17, 15) is 4.79 Å². The molecule has 3 aliphatic rings. The van der Waals surface area contributed by atoms with E-state index in [4.69, 9.17) is 0 Å². The van der Waals surface area contributed by atoms with Crippen molar-refractivity contribution in [2.24, 2.45) is 11.3 Å². The van der Waals surface area contributed by atoms with E-state index in [-0.39, 0.29) is 36.6 Å². The predicted octanol–water partition coefficient (Wildman–Crippen LogP) is 4.10. The molecule has 0 radical (unpaired) electrons. The Labute approximate surface area is 191 Å². The summed E-state index contributed by atoms with van der Waals surface area (Å²) in [6, 6.07) is 17.4. The molecule has 0 bridgehead atoms. The number of benzene rings is 2. The van der Waals surface area contributed by atoms with Gasteiger partial charge in [-0.3, -0.25) is 4.79 Å². The number of fused-ring (bicyclic) bond motifs is 1. The van der Waals surface area contributed by atoms with Crippen LogP contribution in [-0.2, 0) is 24.3 Å². The molecule has 0 aromatic heterocycles. The van der Waals surface area contributed by atoms with Crippen molar-refractivity contribution in [2.45, 2.75) is 38.8 Å². The quantitative estimate of drug-likeness (QED) is 0.724. The van der Waals surface area contributed by atoms with Crippen LogP contribution in [-0.4, -0.2) is 25.5 Å². The summed E-state index contributed by atoms with van der Waals surface area (Å²) in [5.74, 6) is 0.490. The Kier molecular flexibility index (Phi) is 7.33. The second kappa shape index (κ2) is 9.59. The summed E-state index contributed by atoms with van der Waals surface area (Å²) < 4.78 is 0. The fraction of sp³-hybridized carbons (Fsp3) is 0.458. The van der Waals surface area contributed by atoms with E-state index in [0.717, 1.165) is 51.9 Å². The first kappa shape index (κ1) is 22.9. The average molecular weight is 448 g/mol. The van der Waals surface area contributed by atoms with E-state index in [1.807, 2.05) is 0 Å². The van der Waals surface area contributed by atoms with Gasteiger partial charge in [-0.05, 0) is 66.9 Å². The molecule has 1 spiro atoms. The second-order valence-electron chi connectivity index (χ2n) is 8.70. The van der Waals surface area contributed by atoms with Gasteiger partial charge in [0.05, 0.1) is 0 Å². The maximum Gasteiger partial charge on any atom is 0.223 e. The van der Waals surface area contributed by atoms with E-state index in [1.165, 1.54) is 22.4 Å². The number of hydrogen-bond acceptors (Lipinski definition) is 3. The van der Waals surface area contributed by atoms with E-state index in [0.29, 0.717) is 12.0 Å². The minimum atomic E-state index is 0. The van der Waals surface area contributed by atoms with Gasteiger partial charge in [0, 0.05) is 31.2 Å². The molecule has 2 heterocycles. The zero-order valence-corrected chi connectivity index (χ0v) is 18.9. The molecule has 5 rings (SSSR count). The van der Waals surface area contributed by atoms with E-state index < -0.39 is 0 Å². The number of piperidine rings is 1. The van der Waals surface area contributed by atoms with Crippen molar-refractivity contribution in [3.05, 3.63) is 65.2 Å². The van der Waals surface area contributed by atoms with Crippen LogP contribution in [0.5, 0.6) is 0 Å². The van der Waals surface area contributed by atoms with Crippen LogP contribution in [0.1, 0.15) is 36.0 Å². The highest BCUT2D eigenvalue weighted by molar-refractivity contribution is 5.85. The minimum absolute atomic E-state index is 0. The minimum Gasteiger partial charge on any atom is -0.367 e. The highest BCUT2D eigenvalue weighted by Crippen LogP contribution is 2.58. The van der Waals surface area contributed by atoms with Crippen LogP contribution in [0.15, 0.2) is 48.5 Å². The van der Waals surface area contributed by atoms with Crippen molar-refractivity contribution in [1.29, 1.82) is 0 Å². The van der Waals surface area contributed by atoms with Gasteiger partial charge in [0.2, 0.25) is 5.91 Å². The summed E-state index contributed by atoms with van der Waals surface area (Å²) in [4.78, 5) is 15.0. The first-order valence-corrected chi connectivity index (χ1v) is 10.6. The molecule has 30 heavy (non-hydrogen) atoms. The Morgan fingerprint density at radius 2 is 1.73 bits per heavy atom. The molecule has 1 aliphatic carbocycles. The lowest BCUT2D eigenvalue weighted by Crippen LogP contribution is -2.33. The lowest BCUT2D eigenvalue weighted by atomic mass is 9.92. The second-order valence-corrected chi connectivity index (χ2v) is 8.70. The highest BCUT2D eigenvalue weighted by atomic mass is 35.5. The van der Waals surface area contributed by atoms with Gasteiger partial charge < -0.3 is 15.5 Å². The molecule has 6 heteroatoms. The Hall–Kier alpha value is -1.75. The molecule has 1 saturated carbocycles. The molecule has 1 saturated heterocycles. The monoisotopic (exact) mass is 447 g/mol. The third-order valence-electron chi connectivity index (χ3n) is 6.95. The largest absolute Gasteiger partial charge is 0.367 e. The highest BCUT2D eigenvalue weighted by Gasteiger charge is 2.57. The molecule has 2 N–H and O–H groups in total. The zero-order valence-electron chi connectivity index (χ0n) is 17.2. The van der Waals surface area contributed by atoms with Crippen LogP contribution in [0.3, 0.4) is 0 Å². The molecule has 2 aromatic carbocycles. The van der Waals surface area contributed by atoms with Crippen LogP contribution >= 0.6 is 24.8 Å². The molecule has 2 aliphatic heterocycles. The van der Waals surface area contributed by atoms with E-state index in [2.05, 4.69) is 64.1 Å². The third kappa shape index (κ3) is 4.61. The van der Waals surface area contributed by atoms with E-state index >= 15 is 0 Å². The standard InChI is InChI=1S/C24H29N3O.2ClH/c28-23(21-15-24(21)10-12-25-13-11-24)26-16-18-5-7-19(8-6-18)17-27-14-9-20-3-1-2-4-22(20)27;;/h1-8,21,25H,9-17H2,(H,26,28);2*1H. The summed E-state index contributed by atoms with van der Waals surface area (Å²) in [5.41, 5.74) is 5.63. The number of halogens is 2. The van der Waals surface area contributed by atoms with Crippen molar-refractivity contribution in [3.63, 3.8) is 0 Å². The Balaban J connectivity index is 0.00000128. The molecule has 2 aromatic rings. The van der Waals surface area contributed by atoms with Gasteiger partial charge in [-0.15, -0.1) is 24.8 Å². The van der Waals surface area contributed by atoms with Crippen molar-refractivity contribution in [3.8, 4) is 0 Å². The fourth-order valence-electron chi connectivity index (χ4n) is 5.06. The normalized spacial score (nSPS) is 20.7. The van der Waals surface area contributed by atoms with Gasteiger partial charge in [0.1, 0.15) is 0 Å². The topological polar surface area (TPSA) is 44.4 Å². The number of rotatable bonds is 5. The summed E-state index contributed by atoms with van der Waals surface area (Å²) in [5, 5.41) is 6.57. The van der Waals surface area contributed by atoms with Crippen molar-refractivity contribution in [1.82, 2.24) is 10.6 Å². The number of carbonyl (C=O) groups is 1. The maximum absolute atomic E-state index is 12.5. The zero-order chi connectivity index (χ0) is 19.0. The SMILES string of the molecule is Cl.Cl.O=C(NCc1ccc(CN2CCc3ccccc32)cc1)C1CC12CCNCC2. The van der Waals surface area contributed by atoms with Crippen LogP contribution < -0.4 is 15.5 Å². The van der Waals surface area contributed by atoms with Gasteiger partial charge in [-0.2, -0.15) is 0 Å². The number of para-hydroxylation sites is 1. The Morgan fingerprint density at radius 1 is 1.03 bits per heavy atom. The van der Waals surface area contributed by atoms with Crippen LogP contribution in [0, 0.1) is 11.3 Å². The summed E-state index contributed by atoms with van der Waals surface area (Å²) >= 11 is 0. The third-order valence-corrected chi connectivity index (χ3v) is 6.95. The number of anilines is 1. The first-order chi connectivity index (χ1) is 13.7. The smallest absolute Gasteiger partial charge is 0.223 e. The predicted molar refractivity (Wildman–Crippen MR) is 127 cm³/mol. The van der Waals surface area contributed by atoms with Crippen LogP contribution in [0.25, 0.3) is 0 Å². The summed E-state index contributed by atoms with van der Waals surface area (Å²) in [6.07, 6.45) is 4.52. The number of amides is 1. The van der Waals surface area contributed by atoms with Gasteiger partial charge in [-0.25, -0.2) is 0 Å². The molecule has 4 nitrogen and oxygen atoms in total. The number of nitrogens with one attached hydrogen (secondary N) is 2. The molecule has 1 amide bonds. The van der Waals surface area contributed by atoms with Gasteiger partial charge in [0.25, 0.3) is 0 Å². The molecular formula is C24H31Cl2N3O. The average Bonchev–Trinajstić information content (AvgIpc) is 3.27. The fourth-order valence-corrected chi connectivity index (χ4v) is 5.06. The van der Waals surface area contributed by atoms with Crippen LogP contribution in [0.4, 0.5) is 5.69 Å². The van der Waals surface area contributed by atoms with Crippen molar-refractivity contribution < 1.29 is 4.79 Å². The number of carbonyl (C=O) groups excluding carboxylic acids is 1. The van der Waals surface area contributed by atoms with E-state index in [1.54, 1.807) is 0 Å². The summed E-state index contributed by atoms with van der Waals surface area (Å²) in [7, 11) is 0. The van der Waals surface area contributed by atoms with Crippen molar-refractivity contribution >= 4 is 36.4 Å². The molecule has 162 valence electrons. The molecule has 2 fully saturated rings. The lowest BCUT2D eigenvalue weighted by Gasteiger charge is -2.23. The molecule has 1 atom stereocenters. The van der Waals surface area contributed by atoms with Gasteiger partial charge in [0.15, 0.2) is 0 Å². The lowest BCUT2D eigenvalue weighted by molar-refractivity contribution is -0.123. The van der Waals surface area contributed by atoms with Gasteiger partial charge in [-0.1, -0.05) is 42.5 Å². The Morgan fingerprint density at radius 3 is 2.50 bits per heavy atom. The summed E-state index contributed by atoms with van der Waals surface area (Å²) in [6.45, 7) is 4.80. The number of nitrogens with zero attached hydrogens (tertiary/aromatic N) is 1. The first-order valence-electron chi connectivity index (χ1n) is 10.6. The Bertz CT molecular complexity index is 865. The van der Waals surface area contributed by atoms with Crippen LogP contribution in [0.2, 0.25) is 0 Å². The maximum atomic E-state index is 12.5. The van der Waals surface area contributed by atoms with Gasteiger partial charge >= 0.3 is 0 Å². The molecular weight excluding hydrogens is 417 g/mol. The number of hydrogen-bond donors (Lipinski definition) is 2.